The Morgan fingerprint density at radius 3 is 2.62 bits per heavy atom. The predicted molar refractivity (Wildman–Crippen MR) is 90.9 cm³/mol. The van der Waals surface area contributed by atoms with E-state index in [-0.39, 0.29) is 17.3 Å². The number of likely N-dealkylation sites (N-methyl/N-ethyl adjacent to an activating group) is 1. The zero-order valence-corrected chi connectivity index (χ0v) is 14.5. The second-order valence-electron chi connectivity index (χ2n) is 5.82. The molecule has 3 rings (SSSR count). The number of allylic oxidation sites excluding steroid dienone is 1. The van der Waals surface area contributed by atoms with Crippen LogP contribution in [0.1, 0.15) is 25.2 Å². The number of carbonyl (C=O) groups excluding carboxylic acids is 1. The zero-order chi connectivity index (χ0) is 17.5. The van der Waals surface area contributed by atoms with Crippen LogP contribution in [0.3, 0.4) is 0 Å². The van der Waals surface area contributed by atoms with Gasteiger partial charge in [-0.05, 0) is 44.2 Å². The van der Waals surface area contributed by atoms with Gasteiger partial charge in [0.25, 0.3) is 5.91 Å². The molecule has 0 atom stereocenters. The van der Waals surface area contributed by atoms with Crippen LogP contribution >= 0.6 is 0 Å². The first-order valence-corrected chi connectivity index (χ1v) is 8.91. The first-order chi connectivity index (χ1) is 11.3. The Hall–Kier alpha value is -2.38. The molecule has 1 aliphatic rings. The van der Waals surface area contributed by atoms with Crippen molar-refractivity contribution in [1.29, 1.82) is 0 Å². The van der Waals surface area contributed by atoms with E-state index in [9.17, 15) is 13.2 Å². The number of furan rings is 1. The van der Waals surface area contributed by atoms with Crippen LogP contribution < -0.4 is 9.62 Å². The molecule has 2 aromatic rings. The normalized spacial score (nSPS) is 14.2. The van der Waals surface area contributed by atoms with Gasteiger partial charge in [0.1, 0.15) is 5.76 Å². The van der Waals surface area contributed by atoms with Gasteiger partial charge >= 0.3 is 0 Å². The van der Waals surface area contributed by atoms with Crippen molar-refractivity contribution >= 4 is 27.2 Å². The fraction of sp³-hybridized carbons (Fsp3) is 0.235. The Kier molecular flexibility index (Phi) is 4.06. The molecule has 7 heteroatoms. The molecule has 1 N–H and O–H groups in total. The number of amides is 1. The van der Waals surface area contributed by atoms with E-state index in [0.29, 0.717) is 22.6 Å². The molecule has 0 bridgehead atoms. The summed E-state index contributed by atoms with van der Waals surface area (Å²) in [5.41, 5.74) is 2.75. The lowest BCUT2D eigenvalue weighted by Crippen LogP contribution is -2.23. The van der Waals surface area contributed by atoms with Gasteiger partial charge in [0, 0.05) is 18.2 Å². The van der Waals surface area contributed by atoms with Gasteiger partial charge in [-0.2, -0.15) is 0 Å². The summed E-state index contributed by atoms with van der Waals surface area (Å²) in [6, 6.07) is 8.09. The highest BCUT2D eigenvalue weighted by molar-refractivity contribution is 7.89. The van der Waals surface area contributed by atoms with Crippen LogP contribution in [0.25, 0.3) is 5.57 Å². The summed E-state index contributed by atoms with van der Waals surface area (Å²) in [7, 11) is -2.02. The van der Waals surface area contributed by atoms with Crippen LogP contribution in [-0.4, -0.2) is 21.4 Å². The van der Waals surface area contributed by atoms with Gasteiger partial charge in [-0.15, -0.1) is 0 Å². The molecular formula is C17H18N2O4S. The van der Waals surface area contributed by atoms with E-state index in [1.165, 1.54) is 17.2 Å². The van der Waals surface area contributed by atoms with E-state index in [1.54, 1.807) is 31.3 Å². The molecular weight excluding hydrogens is 328 g/mol. The Balaban J connectivity index is 1.97. The van der Waals surface area contributed by atoms with Crippen molar-refractivity contribution in [2.24, 2.45) is 0 Å². The number of hydrogen-bond donors (Lipinski definition) is 1. The molecule has 1 amide bonds. The number of anilines is 1. The minimum atomic E-state index is -3.70. The van der Waals surface area contributed by atoms with Gasteiger partial charge in [-0.25, -0.2) is 13.1 Å². The quantitative estimate of drug-likeness (QED) is 0.863. The third-order valence-corrected chi connectivity index (χ3v) is 5.34. The van der Waals surface area contributed by atoms with E-state index in [0.717, 1.165) is 5.57 Å². The van der Waals surface area contributed by atoms with Crippen molar-refractivity contribution in [2.75, 3.05) is 11.9 Å². The summed E-state index contributed by atoms with van der Waals surface area (Å²) in [6.07, 6.45) is 1.49. The third-order valence-electron chi connectivity index (χ3n) is 3.94. The number of fused-ring (bicyclic) bond motifs is 1. The van der Waals surface area contributed by atoms with Gasteiger partial charge in [0.2, 0.25) is 10.0 Å². The minimum Gasteiger partial charge on any atom is -0.468 e. The number of rotatable bonds is 4. The largest absolute Gasteiger partial charge is 0.468 e. The molecule has 0 radical (unpaired) electrons. The molecule has 0 saturated heterocycles. The maximum atomic E-state index is 12.5. The van der Waals surface area contributed by atoms with Crippen LogP contribution in [0.15, 0.2) is 51.5 Å². The highest BCUT2D eigenvalue weighted by Gasteiger charge is 2.31. The van der Waals surface area contributed by atoms with E-state index in [4.69, 9.17) is 4.42 Å². The van der Waals surface area contributed by atoms with Crippen molar-refractivity contribution in [3.8, 4) is 0 Å². The maximum absolute atomic E-state index is 12.5. The predicted octanol–water partition coefficient (Wildman–Crippen LogP) is 2.53. The molecule has 1 aromatic carbocycles. The van der Waals surface area contributed by atoms with E-state index >= 15 is 0 Å². The van der Waals surface area contributed by atoms with E-state index in [2.05, 4.69) is 4.72 Å². The summed E-state index contributed by atoms with van der Waals surface area (Å²) >= 11 is 0. The van der Waals surface area contributed by atoms with Crippen molar-refractivity contribution in [2.45, 2.75) is 25.3 Å². The number of hydrogen-bond acceptors (Lipinski definition) is 4. The molecule has 0 aliphatic carbocycles. The molecule has 1 aliphatic heterocycles. The molecule has 2 heterocycles. The van der Waals surface area contributed by atoms with Crippen molar-refractivity contribution in [1.82, 2.24) is 4.72 Å². The topological polar surface area (TPSA) is 79.6 Å². The summed E-state index contributed by atoms with van der Waals surface area (Å²) in [4.78, 5) is 14.0. The molecule has 0 fully saturated rings. The minimum absolute atomic E-state index is 0.0702. The average Bonchev–Trinajstić information content (AvgIpc) is 3.13. The Bertz CT molecular complexity index is 924. The molecule has 1 aromatic heterocycles. The average molecular weight is 346 g/mol. The first-order valence-electron chi connectivity index (χ1n) is 7.43. The second kappa shape index (κ2) is 5.92. The highest BCUT2D eigenvalue weighted by Crippen LogP contribution is 2.38. The summed E-state index contributed by atoms with van der Waals surface area (Å²) in [5.74, 6) is 0.405. The van der Waals surface area contributed by atoms with Crippen LogP contribution in [0.2, 0.25) is 0 Å². The molecule has 0 saturated carbocycles. The SMILES string of the molecule is CC(C)=C1C(=O)N(C)c2ccc(S(=O)(=O)NCc3ccco3)cc21. The maximum Gasteiger partial charge on any atom is 0.258 e. The molecule has 24 heavy (non-hydrogen) atoms. The monoisotopic (exact) mass is 346 g/mol. The van der Waals surface area contributed by atoms with Crippen LogP contribution in [0, 0.1) is 0 Å². The fourth-order valence-electron chi connectivity index (χ4n) is 2.71. The van der Waals surface area contributed by atoms with Gasteiger partial charge in [0.05, 0.1) is 23.4 Å². The summed E-state index contributed by atoms with van der Waals surface area (Å²) in [6.45, 7) is 3.75. The lowest BCUT2D eigenvalue weighted by molar-refractivity contribution is -0.112. The Labute approximate surface area is 140 Å². The lowest BCUT2D eigenvalue weighted by Gasteiger charge is -2.10. The molecule has 0 unspecified atom stereocenters. The standard InChI is InChI=1S/C17H18N2O4S/c1-11(2)16-14-9-13(6-7-15(14)19(3)17(16)20)24(21,22)18-10-12-5-4-8-23-12/h4-9,18H,10H2,1-3H3. The van der Waals surface area contributed by atoms with Gasteiger partial charge in [-0.1, -0.05) is 5.57 Å². The number of carbonyl (C=O) groups is 1. The third kappa shape index (κ3) is 2.76. The zero-order valence-electron chi connectivity index (χ0n) is 13.7. The summed E-state index contributed by atoms with van der Waals surface area (Å²) < 4.78 is 32.6. The van der Waals surface area contributed by atoms with E-state index < -0.39 is 10.0 Å². The number of nitrogens with zero attached hydrogens (tertiary/aromatic N) is 1. The van der Waals surface area contributed by atoms with Crippen LogP contribution in [0.4, 0.5) is 5.69 Å². The number of sulfonamides is 1. The van der Waals surface area contributed by atoms with Crippen molar-refractivity contribution < 1.29 is 17.6 Å². The summed E-state index contributed by atoms with van der Waals surface area (Å²) in [5, 5.41) is 0. The highest BCUT2D eigenvalue weighted by atomic mass is 32.2. The van der Waals surface area contributed by atoms with Gasteiger partial charge in [0.15, 0.2) is 0 Å². The molecule has 0 spiro atoms. The van der Waals surface area contributed by atoms with E-state index in [1.807, 2.05) is 13.8 Å². The number of nitrogens with one attached hydrogen (secondary N) is 1. The van der Waals surface area contributed by atoms with Gasteiger partial charge < -0.3 is 9.32 Å². The first kappa shape index (κ1) is 16.5. The molecule has 126 valence electrons. The Morgan fingerprint density at radius 2 is 2.00 bits per heavy atom. The smallest absolute Gasteiger partial charge is 0.258 e. The Morgan fingerprint density at radius 1 is 1.25 bits per heavy atom. The molecule has 6 nitrogen and oxygen atoms in total. The van der Waals surface area contributed by atoms with Crippen LogP contribution in [0.5, 0.6) is 0 Å². The number of benzene rings is 1. The van der Waals surface area contributed by atoms with Crippen LogP contribution in [-0.2, 0) is 21.4 Å². The van der Waals surface area contributed by atoms with Gasteiger partial charge in [-0.3, -0.25) is 4.79 Å². The second-order valence-corrected chi connectivity index (χ2v) is 7.59. The fourth-order valence-corrected chi connectivity index (χ4v) is 3.73. The lowest BCUT2D eigenvalue weighted by atomic mass is 10.0. The van der Waals surface area contributed by atoms with Crippen molar-refractivity contribution in [3.05, 3.63) is 53.5 Å². The van der Waals surface area contributed by atoms with Crippen molar-refractivity contribution in [3.63, 3.8) is 0 Å².